The van der Waals surface area contributed by atoms with Gasteiger partial charge in [-0.2, -0.15) is 0 Å². The maximum Gasteiger partial charge on any atom is 0.247 e. The molecule has 106 valence electrons. The number of nitrogens with one attached hydrogen (secondary N) is 1. The third kappa shape index (κ3) is 6.97. The van der Waals surface area contributed by atoms with Gasteiger partial charge in [0.25, 0.3) is 0 Å². The number of carbonyl (C=O) groups is 1. The second-order valence-electron chi connectivity index (χ2n) is 5.33. The van der Waals surface area contributed by atoms with Crippen molar-refractivity contribution in [1.82, 2.24) is 5.48 Å². The predicted octanol–water partition coefficient (Wildman–Crippen LogP) is 3.28. The molecule has 0 unspecified atom stereocenters. The smallest absolute Gasteiger partial charge is 0.247 e. The average molecular weight is 263 g/mol. The van der Waals surface area contributed by atoms with Crippen LogP contribution in [0.15, 0.2) is 24.3 Å². The lowest BCUT2D eigenvalue weighted by Crippen LogP contribution is -2.27. The van der Waals surface area contributed by atoms with Crippen LogP contribution in [0.3, 0.4) is 0 Å². The van der Waals surface area contributed by atoms with E-state index in [0.717, 1.165) is 12.0 Å². The van der Waals surface area contributed by atoms with Crippen LogP contribution in [0.2, 0.25) is 0 Å². The van der Waals surface area contributed by atoms with Crippen molar-refractivity contribution in [3.8, 4) is 0 Å². The van der Waals surface area contributed by atoms with Crippen molar-refractivity contribution in [2.24, 2.45) is 5.92 Å². The van der Waals surface area contributed by atoms with E-state index in [9.17, 15) is 4.79 Å². The van der Waals surface area contributed by atoms with Gasteiger partial charge in [0.1, 0.15) is 0 Å². The van der Waals surface area contributed by atoms with Crippen LogP contribution in [0.4, 0.5) is 0 Å². The molecule has 0 aromatic heterocycles. The molecule has 0 heterocycles. The molecule has 0 fully saturated rings. The first-order chi connectivity index (χ1) is 9.11. The molecule has 0 saturated carbocycles. The van der Waals surface area contributed by atoms with E-state index >= 15 is 0 Å². The first-order valence-corrected chi connectivity index (χ1v) is 7.10. The Kier molecular flexibility index (Phi) is 7.19. The Morgan fingerprint density at radius 2 is 1.84 bits per heavy atom. The van der Waals surface area contributed by atoms with Crippen LogP contribution < -0.4 is 5.48 Å². The van der Waals surface area contributed by atoms with Gasteiger partial charge in [-0.05, 0) is 29.9 Å². The number of carbonyl (C=O) groups excluding carboxylic acids is 1. The van der Waals surface area contributed by atoms with Crippen LogP contribution >= 0.6 is 0 Å². The fraction of sp³-hybridized carbons (Fsp3) is 0.562. The lowest BCUT2D eigenvalue weighted by Gasteiger charge is -2.08. The number of benzene rings is 1. The largest absolute Gasteiger partial charge is 0.273 e. The fourth-order valence-electron chi connectivity index (χ4n) is 1.71. The highest BCUT2D eigenvalue weighted by molar-refractivity contribution is 5.77. The second kappa shape index (κ2) is 8.70. The van der Waals surface area contributed by atoms with Gasteiger partial charge in [0.05, 0.1) is 13.0 Å². The molecule has 1 N–H and O–H groups in total. The summed E-state index contributed by atoms with van der Waals surface area (Å²) in [7, 11) is 0. The van der Waals surface area contributed by atoms with E-state index in [2.05, 4.69) is 24.5 Å². The Bertz CT molecular complexity index is 371. The molecule has 0 atom stereocenters. The molecule has 3 heteroatoms. The Morgan fingerprint density at radius 3 is 2.42 bits per heavy atom. The first kappa shape index (κ1) is 15.7. The van der Waals surface area contributed by atoms with Crippen molar-refractivity contribution in [1.29, 1.82) is 0 Å². The standard InChI is InChI=1S/C16H25NO2/c1-4-5-6-14-7-9-15(10-8-14)11-16(18)17-19-12-13(2)3/h7-10,13H,4-6,11-12H2,1-3H3,(H,17,18). The highest BCUT2D eigenvalue weighted by Crippen LogP contribution is 2.08. The van der Waals surface area contributed by atoms with E-state index in [1.807, 2.05) is 26.0 Å². The molecular formula is C16H25NO2. The molecule has 1 aromatic carbocycles. The van der Waals surface area contributed by atoms with Gasteiger partial charge >= 0.3 is 0 Å². The molecule has 0 radical (unpaired) electrons. The summed E-state index contributed by atoms with van der Waals surface area (Å²) in [6.07, 6.45) is 3.90. The number of hydrogen-bond acceptors (Lipinski definition) is 2. The number of aryl methyl sites for hydroxylation is 1. The van der Waals surface area contributed by atoms with Crippen LogP contribution in [-0.2, 0) is 22.5 Å². The van der Waals surface area contributed by atoms with Gasteiger partial charge in [-0.25, -0.2) is 5.48 Å². The van der Waals surface area contributed by atoms with E-state index < -0.39 is 0 Å². The van der Waals surface area contributed by atoms with Gasteiger partial charge in [0.2, 0.25) is 5.91 Å². The van der Waals surface area contributed by atoms with Gasteiger partial charge in [0.15, 0.2) is 0 Å². The summed E-state index contributed by atoms with van der Waals surface area (Å²) in [5.74, 6) is 0.320. The highest BCUT2D eigenvalue weighted by Gasteiger charge is 2.04. The molecule has 1 aromatic rings. The van der Waals surface area contributed by atoms with Crippen molar-refractivity contribution in [2.45, 2.75) is 46.5 Å². The van der Waals surface area contributed by atoms with E-state index in [-0.39, 0.29) is 5.91 Å². The van der Waals surface area contributed by atoms with Crippen LogP contribution in [-0.4, -0.2) is 12.5 Å². The van der Waals surface area contributed by atoms with Crippen LogP contribution in [0.25, 0.3) is 0 Å². The molecule has 1 amide bonds. The minimum atomic E-state index is -0.0954. The number of unbranched alkanes of at least 4 members (excludes halogenated alkanes) is 1. The third-order valence-corrected chi connectivity index (χ3v) is 2.81. The molecule has 0 aliphatic heterocycles. The Balaban J connectivity index is 2.33. The lowest BCUT2D eigenvalue weighted by molar-refractivity contribution is -0.133. The SMILES string of the molecule is CCCCc1ccc(CC(=O)NOCC(C)C)cc1. The summed E-state index contributed by atoms with van der Waals surface area (Å²) >= 11 is 0. The quantitative estimate of drug-likeness (QED) is 0.731. The number of hydroxylamine groups is 1. The minimum absolute atomic E-state index is 0.0954. The first-order valence-electron chi connectivity index (χ1n) is 7.10. The number of rotatable bonds is 8. The van der Waals surface area contributed by atoms with Gasteiger partial charge < -0.3 is 0 Å². The molecule has 0 saturated heterocycles. The molecule has 19 heavy (non-hydrogen) atoms. The summed E-state index contributed by atoms with van der Waals surface area (Å²) in [5.41, 5.74) is 4.83. The second-order valence-corrected chi connectivity index (χ2v) is 5.33. The van der Waals surface area contributed by atoms with Gasteiger partial charge in [-0.15, -0.1) is 0 Å². The summed E-state index contributed by atoms with van der Waals surface area (Å²) < 4.78 is 0. The fourth-order valence-corrected chi connectivity index (χ4v) is 1.71. The van der Waals surface area contributed by atoms with E-state index in [1.165, 1.54) is 18.4 Å². The normalized spacial score (nSPS) is 10.7. The predicted molar refractivity (Wildman–Crippen MR) is 77.7 cm³/mol. The third-order valence-electron chi connectivity index (χ3n) is 2.81. The van der Waals surface area contributed by atoms with Crippen molar-refractivity contribution < 1.29 is 9.63 Å². The van der Waals surface area contributed by atoms with E-state index in [4.69, 9.17) is 4.84 Å². The lowest BCUT2D eigenvalue weighted by atomic mass is 10.0. The van der Waals surface area contributed by atoms with Crippen LogP contribution in [0.1, 0.15) is 44.7 Å². The summed E-state index contributed by atoms with van der Waals surface area (Å²) in [5, 5.41) is 0. The Morgan fingerprint density at radius 1 is 1.21 bits per heavy atom. The van der Waals surface area contributed by atoms with Crippen molar-refractivity contribution in [3.05, 3.63) is 35.4 Å². The van der Waals surface area contributed by atoms with Gasteiger partial charge in [-0.3, -0.25) is 9.63 Å². The van der Waals surface area contributed by atoms with E-state index in [1.54, 1.807) is 0 Å². The zero-order valence-corrected chi connectivity index (χ0v) is 12.2. The van der Waals surface area contributed by atoms with Gasteiger partial charge in [-0.1, -0.05) is 51.5 Å². The van der Waals surface area contributed by atoms with Gasteiger partial charge in [0, 0.05) is 0 Å². The molecule has 3 nitrogen and oxygen atoms in total. The summed E-state index contributed by atoms with van der Waals surface area (Å²) in [6, 6.07) is 8.25. The molecule has 1 rings (SSSR count). The zero-order valence-electron chi connectivity index (χ0n) is 12.2. The molecule has 0 spiro atoms. The van der Waals surface area contributed by atoms with Crippen molar-refractivity contribution in [3.63, 3.8) is 0 Å². The highest BCUT2D eigenvalue weighted by atomic mass is 16.6. The van der Waals surface area contributed by atoms with Crippen molar-refractivity contribution >= 4 is 5.91 Å². The van der Waals surface area contributed by atoms with E-state index in [0.29, 0.717) is 18.9 Å². The monoisotopic (exact) mass is 263 g/mol. The summed E-state index contributed by atoms with van der Waals surface area (Å²) in [6.45, 7) is 6.82. The summed E-state index contributed by atoms with van der Waals surface area (Å²) in [4.78, 5) is 16.7. The molecule has 0 aliphatic rings. The maximum absolute atomic E-state index is 11.6. The average Bonchev–Trinajstić information content (AvgIpc) is 2.37. The Labute approximate surface area is 116 Å². The minimum Gasteiger partial charge on any atom is -0.273 e. The topological polar surface area (TPSA) is 38.3 Å². The van der Waals surface area contributed by atoms with Crippen LogP contribution in [0, 0.1) is 5.92 Å². The molecule has 0 aliphatic carbocycles. The van der Waals surface area contributed by atoms with Crippen molar-refractivity contribution in [2.75, 3.05) is 6.61 Å². The maximum atomic E-state index is 11.6. The zero-order chi connectivity index (χ0) is 14.1. The molecular weight excluding hydrogens is 238 g/mol. The number of hydrogen-bond donors (Lipinski definition) is 1. The van der Waals surface area contributed by atoms with Crippen LogP contribution in [0.5, 0.6) is 0 Å². The Hall–Kier alpha value is -1.35. The number of amides is 1. The molecule has 0 bridgehead atoms.